The normalized spacial score (nSPS) is 18.6. The molecule has 1 amide bonds. The Balaban J connectivity index is 1.84. The van der Waals surface area contributed by atoms with Crippen molar-refractivity contribution in [3.05, 3.63) is 29.0 Å². The van der Waals surface area contributed by atoms with Crippen LogP contribution in [0, 0.1) is 5.92 Å². The van der Waals surface area contributed by atoms with Crippen molar-refractivity contribution in [2.75, 3.05) is 6.54 Å². The Morgan fingerprint density at radius 3 is 2.89 bits per heavy atom. The molecule has 6 heteroatoms. The predicted octanol–water partition coefficient (Wildman–Crippen LogP) is -0.0170. The van der Waals surface area contributed by atoms with Gasteiger partial charge in [0.05, 0.1) is 6.54 Å². The van der Waals surface area contributed by atoms with E-state index in [1.165, 1.54) is 18.9 Å². The number of nitrogens with zero attached hydrogens (tertiary/aromatic N) is 4. The number of hydrogen-bond acceptors (Lipinski definition) is 3. The van der Waals surface area contributed by atoms with Gasteiger partial charge in [0.25, 0.3) is 0 Å². The summed E-state index contributed by atoms with van der Waals surface area (Å²) in [5, 5.41) is 4.34. The summed E-state index contributed by atoms with van der Waals surface area (Å²) in [6.45, 7) is 5.67. The molecule has 1 aliphatic carbocycles. The molecule has 1 aliphatic heterocycles. The lowest BCUT2D eigenvalue weighted by atomic mass is 10.3. The zero-order chi connectivity index (χ0) is 12.7. The topological polar surface area (TPSA) is 60.1 Å². The number of hydrogen-bond donors (Lipinski definition) is 0. The van der Waals surface area contributed by atoms with Gasteiger partial charge in [-0.3, -0.25) is 9.36 Å². The predicted molar refractivity (Wildman–Crippen MR) is 64.8 cm³/mol. The molecule has 0 bridgehead atoms. The van der Waals surface area contributed by atoms with E-state index < -0.39 is 0 Å². The minimum absolute atomic E-state index is 0.0393. The molecule has 96 valence electrons. The Bertz CT molecular complexity index is 553. The lowest BCUT2D eigenvalue weighted by molar-refractivity contribution is -0.127. The molecule has 0 aromatic carbocycles. The van der Waals surface area contributed by atoms with Gasteiger partial charge in [-0.05, 0) is 24.8 Å². The maximum atomic E-state index is 12.1. The van der Waals surface area contributed by atoms with Crippen LogP contribution < -0.4 is 5.69 Å². The molecule has 1 aromatic rings. The van der Waals surface area contributed by atoms with Gasteiger partial charge >= 0.3 is 5.69 Å². The number of rotatable bonds is 3. The van der Waals surface area contributed by atoms with Gasteiger partial charge in [0.2, 0.25) is 5.91 Å². The molecule has 1 fully saturated rings. The van der Waals surface area contributed by atoms with Crippen LogP contribution in [0.25, 0.3) is 0 Å². The molecule has 1 aromatic heterocycles. The van der Waals surface area contributed by atoms with Crippen molar-refractivity contribution in [3.63, 3.8) is 0 Å². The molecule has 18 heavy (non-hydrogen) atoms. The Morgan fingerprint density at radius 2 is 2.22 bits per heavy atom. The molecule has 2 heterocycles. The van der Waals surface area contributed by atoms with Crippen LogP contribution in [0.15, 0.2) is 17.4 Å². The zero-order valence-corrected chi connectivity index (χ0v) is 10.2. The summed E-state index contributed by atoms with van der Waals surface area (Å²) in [6.07, 6.45) is 3.68. The molecular weight excluding hydrogens is 232 g/mol. The monoisotopic (exact) mass is 248 g/mol. The van der Waals surface area contributed by atoms with Crippen LogP contribution in [0.2, 0.25) is 0 Å². The van der Waals surface area contributed by atoms with Gasteiger partial charge in [-0.2, -0.15) is 5.10 Å². The van der Waals surface area contributed by atoms with Crippen molar-refractivity contribution in [2.24, 2.45) is 5.92 Å². The Kier molecular flexibility index (Phi) is 2.57. The molecule has 2 aliphatic rings. The van der Waals surface area contributed by atoms with E-state index in [1.807, 2.05) is 0 Å². The quantitative estimate of drug-likeness (QED) is 0.706. The van der Waals surface area contributed by atoms with Gasteiger partial charge in [-0.25, -0.2) is 9.48 Å². The Hall–Kier alpha value is -1.85. The van der Waals surface area contributed by atoms with Gasteiger partial charge < -0.3 is 4.90 Å². The fraction of sp³-hybridized carbons (Fsp3) is 0.583. The van der Waals surface area contributed by atoms with E-state index in [0.717, 1.165) is 0 Å². The molecule has 0 N–H and O–H groups in total. The summed E-state index contributed by atoms with van der Waals surface area (Å²) in [5.41, 5.74) is -0.0393. The lowest BCUT2D eigenvalue weighted by Gasteiger charge is -2.25. The van der Waals surface area contributed by atoms with E-state index in [-0.39, 0.29) is 11.6 Å². The second kappa shape index (κ2) is 4.12. The first-order valence-corrected chi connectivity index (χ1v) is 6.27. The van der Waals surface area contributed by atoms with Crippen LogP contribution in [0.4, 0.5) is 0 Å². The average molecular weight is 248 g/mol. The molecule has 6 nitrogen and oxygen atoms in total. The van der Waals surface area contributed by atoms with E-state index >= 15 is 0 Å². The van der Waals surface area contributed by atoms with Crippen LogP contribution in [0.5, 0.6) is 0 Å². The third-order valence-corrected chi connectivity index (χ3v) is 3.54. The summed E-state index contributed by atoms with van der Waals surface area (Å²) in [7, 11) is 0. The van der Waals surface area contributed by atoms with E-state index in [4.69, 9.17) is 0 Å². The van der Waals surface area contributed by atoms with Crippen molar-refractivity contribution in [2.45, 2.75) is 32.5 Å². The highest BCUT2D eigenvalue weighted by Crippen LogP contribution is 2.29. The maximum Gasteiger partial charge on any atom is 0.346 e. The first kappa shape index (κ1) is 11.3. The van der Waals surface area contributed by atoms with Crippen molar-refractivity contribution in [1.82, 2.24) is 19.2 Å². The highest BCUT2D eigenvalue weighted by atomic mass is 16.2. The lowest BCUT2D eigenvalue weighted by Crippen LogP contribution is -2.40. The molecule has 0 spiro atoms. The third-order valence-electron chi connectivity index (χ3n) is 3.54. The first-order valence-electron chi connectivity index (χ1n) is 6.27. The molecule has 0 saturated heterocycles. The maximum absolute atomic E-state index is 12.1. The Labute approximate surface area is 104 Å². The highest BCUT2D eigenvalue weighted by Gasteiger charge is 2.27. The van der Waals surface area contributed by atoms with Crippen molar-refractivity contribution in [3.8, 4) is 0 Å². The number of aromatic nitrogens is 3. The molecule has 3 rings (SSSR count). The molecule has 1 saturated carbocycles. The van der Waals surface area contributed by atoms with Crippen LogP contribution >= 0.6 is 0 Å². The largest absolute Gasteiger partial charge is 0.346 e. The van der Waals surface area contributed by atoms with E-state index in [9.17, 15) is 9.59 Å². The average Bonchev–Trinajstić information content (AvgIpc) is 3.14. The summed E-state index contributed by atoms with van der Waals surface area (Å²) < 4.78 is 3.23. The van der Waals surface area contributed by atoms with Gasteiger partial charge in [0.1, 0.15) is 0 Å². The fourth-order valence-electron chi connectivity index (χ4n) is 2.28. The highest BCUT2D eigenvalue weighted by molar-refractivity contribution is 5.86. The number of amides is 1. The van der Waals surface area contributed by atoms with Crippen LogP contribution in [0.1, 0.15) is 18.7 Å². The van der Waals surface area contributed by atoms with Gasteiger partial charge in [-0.15, -0.1) is 0 Å². The summed E-state index contributed by atoms with van der Waals surface area (Å²) >= 11 is 0. The van der Waals surface area contributed by atoms with E-state index in [2.05, 4.69) is 11.7 Å². The molecule has 0 unspecified atom stereocenters. The third kappa shape index (κ3) is 1.87. The van der Waals surface area contributed by atoms with Gasteiger partial charge in [-0.1, -0.05) is 6.58 Å². The summed E-state index contributed by atoms with van der Waals surface area (Å²) in [4.78, 5) is 25.3. The number of carbonyl (C=O) groups is 1. The van der Waals surface area contributed by atoms with E-state index in [0.29, 0.717) is 37.9 Å². The zero-order valence-electron chi connectivity index (χ0n) is 10.2. The van der Waals surface area contributed by atoms with Crippen LogP contribution in [-0.2, 0) is 24.4 Å². The summed E-state index contributed by atoms with van der Waals surface area (Å²) in [5.74, 6) is 1.19. The standard InChI is InChI=1S/C12H16N4O2/c1-2-11(17)14-5-6-15-10(8-14)13-16(12(15)18)7-9-3-4-9/h2,9H,1,3-8H2. The van der Waals surface area contributed by atoms with Crippen LogP contribution in [-0.4, -0.2) is 31.7 Å². The molecular formula is C12H16N4O2. The SMILES string of the molecule is C=CC(=O)N1CCn2c(nn(CC3CC3)c2=O)C1. The first-order chi connectivity index (χ1) is 8.69. The van der Waals surface area contributed by atoms with Crippen LogP contribution in [0.3, 0.4) is 0 Å². The van der Waals surface area contributed by atoms with E-state index in [1.54, 1.807) is 14.1 Å². The van der Waals surface area contributed by atoms with Crippen molar-refractivity contribution < 1.29 is 4.79 Å². The van der Waals surface area contributed by atoms with Gasteiger partial charge in [0.15, 0.2) is 5.82 Å². The minimum atomic E-state index is -0.106. The minimum Gasteiger partial charge on any atom is -0.330 e. The number of carbonyl (C=O) groups excluding carboxylic acids is 1. The second-order valence-electron chi connectivity index (χ2n) is 4.94. The van der Waals surface area contributed by atoms with Crippen molar-refractivity contribution in [1.29, 1.82) is 0 Å². The number of fused-ring (bicyclic) bond motifs is 1. The smallest absolute Gasteiger partial charge is 0.330 e. The van der Waals surface area contributed by atoms with Crippen molar-refractivity contribution >= 4 is 5.91 Å². The Morgan fingerprint density at radius 1 is 1.44 bits per heavy atom. The fourth-order valence-corrected chi connectivity index (χ4v) is 2.28. The molecule has 0 radical (unpaired) electrons. The summed E-state index contributed by atoms with van der Waals surface area (Å²) in [6, 6.07) is 0. The molecule has 0 atom stereocenters. The van der Waals surface area contributed by atoms with Gasteiger partial charge in [0, 0.05) is 19.6 Å². The second-order valence-corrected chi connectivity index (χ2v) is 4.94.